The minimum atomic E-state index is -0.994. The van der Waals surface area contributed by atoms with Crippen molar-refractivity contribution in [3.05, 3.63) is 34.9 Å². The molecule has 2 heterocycles. The molecule has 3 amide bonds. The molecule has 3 atom stereocenters. The lowest BCUT2D eigenvalue weighted by molar-refractivity contribution is -0.145. The Morgan fingerprint density at radius 1 is 1.19 bits per heavy atom. The van der Waals surface area contributed by atoms with Crippen LogP contribution in [0.5, 0.6) is 0 Å². The molecule has 1 aromatic rings. The summed E-state index contributed by atoms with van der Waals surface area (Å²) in [6.07, 6.45) is 5.01. The Bertz CT molecular complexity index is 1140. The van der Waals surface area contributed by atoms with Crippen molar-refractivity contribution >= 4 is 47.4 Å². The molecule has 1 spiro atoms. The van der Waals surface area contributed by atoms with Gasteiger partial charge in [-0.3, -0.25) is 14.3 Å². The van der Waals surface area contributed by atoms with Gasteiger partial charge in [0.1, 0.15) is 16.9 Å². The van der Waals surface area contributed by atoms with Crippen molar-refractivity contribution in [2.75, 3.05) is 20.3 Å². The van der Waals surface area contributed by atoms with Crippen LogP contribution >= 0.6 is 23.5 Å². The van der Waals surface area contributed by atoms with Crippen molar-refractivity contribution < 1.29 is 33.4 Å². The number of carbonyl (C=O) groups excluding carboxylic acids is 4. The molecular weight excluding hydrogens is 582 g/mol. The SMILES string of the molecule is COC(=O)C(CC1CC2(CCOCC2)NC1=O)NC(=O)[C@H](CC(C)C)SNC(=O)OC1(Cc2cccc(Cl)c2)CCC1. The van der Waals surface area contributed by atoms with Crippen LogP contribution in [0.4, 0.5) is 4.79 Å². The lowest BCUT2D eigenvalue weighted by atomic mass is 9.76. The highest BCUT2D eigenvalue weighted by atomic mass is 35.5. The van der Waals surface area contributed by atoms with Gasteiger partial charge in [0.25, 0.3) is 0 Å². The van der Waals surface area contributed by atoms with Crippen LogP contribution in [-0.2, 0) is 35.0 Å². The average molecular weight is 624 g/mol. The fourth-order valence-electron chi connectivity index (χ4n) is 6.04. The first-order valence-corrected chi connectivity index (χ1v) is 15.9. The van der Waals surface area contributed by atoms with Gasteiger partial charge in [0, 0.05) is 36.1 Å². The fourth-order valence-corrected chi connectivity index (χ4v) is 7.19. The first kappa shape index (κ1) is 32.4. The summed E-state index contributed by atoms with van der Waals surface area (Å²) in [5, 5.41) is 5.85. The van der Waals surface area contributed by atoms with Crippen LogP contribution in [0.15, 0.2) is 24.3 Å². The Hall–Kier alpha value is -2.50. The summed E-state index contributed by atoms with van der Waals surface area (Å²) in [5.41, 5.74) is 0.0626. The summed E-state index contributed by atoms with van der Waals surface area (Å²) in [4.78, 5) is 51.8. The lowest BCUT2D eigenvalue weighted by Crippen LogP contribution is -2.48. The van der Waals surface area contributed by atoms with E-state index in [1.165, 1.54) is 7.11 Å². The van der Waals surface area contributed by atoms with E-state index in [9.17, 15) is 19.2 Å². The largest absolute Gasteiger partial charge is 0.467 e. The highest BCUT2D eigenvalue weighted by Gasteiger charge is 2.46. The van der Waals surface area contributed by atoms with Crippen molar-refractivity contribution in [2.45, 2.75) is 94.1 Å². The van der Waals surface area contributed by atoms with Gasteiger partial charge in [-0.25, -0.2) is 9.59 Å². The maximum absolute atomic E-state index is 13.4. The van der Waals surface area contributed by atoms with Crippen LogP contribution < -0.4 is 15.4 Å². The van der Waals surface area contributed by atoms with E-state index in [0.717, 1.165) is 49.6 Å². The van der Waals surface area contributed by atoms with Crippen molar-refractivity contribution in [3.8, 4) is 0 Å². The van der Waals surface area contributed by atoms with E-state index in [-0.39, 0.29) is 23.8 Å². The minimum absolute atomic E-state index is 0.125. The number of esters is 1. The maximum atomic E-state index is 13.4. The molecular formula is C30H42ClN3O7S. The average Bonchev–Trinajstić information content (AvgIpc) is 3.22. The zero-order chi connectivity index (χ0) is 30.3. The second-order valence-corrected chi connectivity index (χ2v) is 13.6. The number of amides is 3. The number of carbonyl (C=O) groups is 4. The molecule has 42 heavy (non-hydrogen) atoms. The molecule has 10 nitrogen and oxygen atoms in total. The second-order valence-electron chi connectivity index (χ2n) is 12.2. The number of hydrogen-bond donors (Lipinski definition) is 3. The molecule has 0 bridgehead atoms. The Kier molecular flexibility index (Phi) is 11.0. The van der Waals surface area contributed by atoms with Crippen LogP contribution in [0.1, 0.15) is 70.8 Å². The van der Waals surface area contributed by atoms with Crippen LogP contribution in [0.25, 0.3) is 0 Å². The molecule has 0 aromatic heterocycles. The highest BCUT2D eigenvalue weighted by Crippen LogP contribution is 2.39. The van der Waals surface area contributed by atoms with Gasteiger partial charge in [-0.1, -0.05) is 37.6 Å². The van der Waals surface area contributed by atoms with E-state index < -0.39 is 40.8 Å². The van der Waals surface area contributed by atoms with E-state index in [1.807, 2.05) is 32.0 Å². The first-order chi connectivity index (χ1) is 20.0. The van der Waals surface area contributed by atoms with Crippen LogP contribution in [0.2, 0.25) is 5.02 Å². The van der Waals surface area contributed by atoms with Gasteiger partial charge in [-0.2, -0.15) is 0 Å². The summed E-state index contributed by atoms with van der Waals surface area (Å²) in [7, 11) is 1.26. The Balaban J connectivity index is 1.35. The summed E-state index contributed by atoms with van der Waals surface area (Å²) < 4.78 is 19.0. The Labute approximate surface area is 256 Å². The van der Waals surface area contributed by atoms with Gasteiger partial charge in [0.05, 0.1) is 7.11 Å². The quantitative estimate of drug-likeness (QED) is 0.232. The summed E-state index contributed by atoms with van der Waals surface area (Å²) in [6, 6.07) is 6.52. The molecule has 3 aliphatic rings. The zero-order valence-electron chi connectivity index (χ0n) is 24.5. The predicted molar refractivity (Wildman–Crippen MR) is 160 cm³/mol. The Morgan fingerprint density at radius 2 is 1.93 bits per heavy atom. The third kappa shape index (κ3) is 8.54. The number of benzene rings is 1. The van der Waals surface area contributed by atoms with Gasteiger partial charge in [0.15, 0.2) is 0 Å². The lowest BCUT2D eigenvalue weighted by Gasteiger charge is -2.41. The zero-order valence-corrected chi connectivity index (χ0v) is 26.1. The monoisotopic (exact) mass is 623 g/mol. The van der Waals surface area contributed by atoms with Crippen LogP contribution in [-0.4, -0.2) is 66.6 Å². The van der Waals surface area contributed by atoms with Crippen molar-refractivity contribution in [1.82, 2.24) is 15.4 Å². The second kappa shape index (κ2) is 14.3. The maximum Gasteiger partial charge on any atom is 0.417 e. The number of methoxy groups -OCH3 is 1. The third-order valence-corrected chi connectivity index (χ3v) is 9.63. The Morgan fingerprint density at radius 3 is 2.55 bits per heavy atom. The number of ether oxygens (including phenoxy) is 3. The number of halogens is 1. The van der Waals surface area contributed by atoms with Gasteiger partial charge in [-0.05, 0) is 86.9 Å². The van der Waals surface area contributed by atoms with E-state index in [0.29, 0.717) is 37.5 Å². The summed E-state index contributed by atoms with van der Waals surface area (Å²) in [6.45, 7) is 5.11. The molecule has 1 aromatic carbocycles. The van der Waals surface area contributed by atoms with Crippen molar-refractivity contribution in [1.29, 1.82) is 0 Å². The molecule has 3 fully saturated rings. The van der Waals surface area contributed by atoms with Gasteiger partial charge in [0.2, 0.25) is 11.8 Å². The molecule has 2 unspecified atom stereocenters. The molecule has 232 valence electrons. The van der Waals surface area contributed by atoms with Gasteiger partial charge >= 0.3 is 12.1 Å². The standard InChI is InChI=1S/C30H42ClN3O7S/c1-19(2)14-24(42-34-28(38)41-30(8-5-9-30)17-20-6-4-7-22(31)15-20)26(36)32-23(27(37)39-3)16-21-18-29(33-25(21)35)10-12-40-13-11-29/h4,6-7,15,19,21,23-24H,5,8-14,16-18H2,1-3H3,(H,32,36)(H,33,35)(H,34,38)/t21?,23?,24-/m0/s1. The molecule has 2 saturated heterocycles. The third-order valence-electron chi connectivity index (χ3n) is 8.42. The number of hydrogen-bond acceptors (Lipinski definition) is 8. The molecule has 1 saturated carbocycles. The molecule has 12 heteroatoms. The molecule has 3 N–H and O–H groups in total. The summed E-state index contributed by atoms with van der Waals surface area (Å²) in [5.74, 6) is -1.45. The molecule has 4 rings (SSSR count). The minimum Gasteiger partial charge on any atom is -0.467 e. The first-order valence-electron chi connectivity index (χ1n) is 14.7. The van der Waals surface area contributed by atoms with Gasteiger partial charge in [-0.15, -0.1) is 0 Å². The molecule has 1 aliphatic carbocycles. The van der Waals surface area contributed by atoms with E-state index in [1.54, 1.807) is 6.07 Å². The van der Waals surface area contributed by atoms with E-state index >= 15 is 0 Å². The fraction of sp³-hybridized carbons (Fsp3) is 0.667. The number of rotatable bonds is 12. The number of nitrogens with one attached hydrogen (secondary N) is 3. The molecule has 0 radical (unpaired) electrons. The van der Waals surface area contributed by atoms with Gasteiger partial charge < -0.3 is 24.8 Å². The van der Waals surface area contributed by atoms with Crippen LogP contribution in [0, 0.1) is 11.8 Å². The van der Waals surface area contributed by atoms with Crippen molar-refractivity contribution in [2.24, 2.45) is 11.8 Å². The normalized spacial score (nSPS) is 22.0. The van der Waals surface area contributed by atoms with Crippen LogP contribution in [0.3, 0.4) is 0 Å². The highest BCUT2D eigenvalue weighted by molar-refractivity contribution is 7.99. The topological polar surface area (TPSA) is 132 Å². The molecule has 2 aliphatic heterocycles. The smallest absolute Gasteiger partial charge is 0.417 e. The van der Waals surface area contributed by atoms with Crippen molar-refractivity contribution in [3.63, 3.8) is 0 Å². The summed E-state index contributed by atoms with van der Waals surface area (Å²) >= 11 is 7.10. The van der Waals surface area contributed by atoms with E-state index in [2.05, 4.69) is 15.4 Å². The predicted octanol–water partition coefficient (Wildman–Crippen LogP) is 4.33. The van der Waals surface area contributed by atoms with E-state index in [4.69, 9.17) is 25.8 Å².